The average Bonchev–Trinajstić information content (AvgIpc) is 3.59. The third-order valence-electron chi connectivity index (χ3n) is 9.66. The predicted octanol–water partition coefficient (Wildman–Crippen LogP) is 12.2. The SMILES string of the molecule is CC1(C)c2ccccc2-c2c(N(c3ccccc3)c3ccccc3-c3cccc4c3oc3c5ccccc5ccc43)cccc21. The molecule has 0 radical (unpaired) electrons. The van der Waals surface area contributed by atoms with Crippen molar-refractivity contribution in [2.24, 2.45) is 0 Å². The van der Waals surface area contributed by atoms with Crippen LogP contribution in [0, 0.1) is 0 Å². The lowest BCUT2D eigenvalue weighted by atomic mass is 9.82. The first kappa shape index (κ1) is 25.9. The lowest BCUT2D eigenvalue weighted by Crippen LogP contribution is -2.16. The molecular formula is C43H31NO. The molecule has 1 aliphatic rings. The summed E-state index contributed by atoms with van der Waals surface area (Å²) in [7, 11) is 0. The van der Waals surface area contributed by atoms with E-state index in [0.717, 1.165) is 49.8 Å². The molecule has 9 rings (SSSR count). The zero-order valence-electron chi connectivity index (χ0n) is 25.3. The maximum atomic E-state index is 6.83. The monoisotopic (exact) mass is 577 g/mol. The van der Waals surface area contributed by atoms with Crippen molar-refractivity contribution >= 4 is 49.8 Å². The van der Waals surface area contributed by atoms with Gasteiger partial charge in [-0.05, 0) is 52.4 Å². The second kappa shape index (κ2) is 9.70. The molecule has 0 saturated heterocycles. The van der Waals surface area contributed by atoms with Gasteiger partial charge >= 0.3 is 0 Å². The third kappa shape index (κ3) is 3.76. The van der Waals surface area contributed by atoms with Crippen molar-refractivity contribution in [1.82, 2.24) is 0 Å². The highest BCUT2D eigenvalue weighted by Gasteiger charge is 2.38. The summed E-state index contributed by atoms with van der Waals surface area (Å²) in [5.41, 5.74) is 12.7. The van der Waals surface area contributed by atoms with Crippen LogP contribution in [0.2, 0.25) is 0 Å². The van der Waals surface area contributed by atoms with Gasteiger partial charge in [0.1, 0.15) is 11.2 Å². The molecule has 0 fully saturated rings. The number of benzene rings is 7. The maximum Gasteiger partial charge on any atom is 0.143 e. The van der Waals surface area contributed by atoms with Gasteiger partial charge in [0.2, 0.25) is 0 Å². The molecule has 0 spiro atoms. The van der Waals surface area contributed by atoms with Gasteiger partial charge < -0.3 is 9.32 Å². The molecule has 0 aliphatic heterocycles. The zero-order chi connectivity index (χ0) is 30.1. The third-order valence-corrected chi connectivity index (χ3v) is 9.66. The largest absolute Gasteiger partial charge is 0.455 e. The highest BCUT2D eigenvalue weighted by atomic mass is 16.3. The molecule has 0 bridgehead atoms. The van der Waals surface area contributed by atoms with Crippen molar-refractivity contribution in [2.45, 2.75) is 19.3 Å². The summed E-state index contributed by atoms with van der Waals surface area (Å²) in [6, 6.07) is 54.5. The van der Waals surface area contributed by atoms with Crippen LogP contribution in [-0.2, 0) is 5.41 Å². The number of hydrogen-bond donors (Lipinski definition) is 0. The summed E-state index contributed by atoms with van der Waals surface area (Å²) in [6.07, 6.45) is 0. The van der Waals surface area contributed by atoms with Crippen LogP contribution in [0.3, 0.4) is 0 Å². The van der Waals surface area contributed by atoms with E-state index >= 15 is 0 Å². The van der Waals surface area contributed by atoms with Gasteiger partial charge in [-0.15, -0.1) is 0 Å². The number of para-hydroxylation sites is 3. The van der Waals surface area contributed by atoms with E-state index in [1.54, 1.807) is 0 Å². The number of rotatable bonds is 4. The number of nitrogens with zero attached hydrogens (tertiary/aromatic N) is 1. The summed E-state index contributed by atoms with van der Waals surface area (Å²) >= 11 is 0. The first-order chi connectivity index (χ1) is 22.1. The molecule has 0 N–H and O–H groups in total. The van der Waals surface area contributed by atoms with Crippen LogP contribution in [-0.4, -0.2) is 0 Å². The fourth-order valence-corrected chi connectivity index (χ4v) is 7.54. The first-order valence-electron chi connectivity index (χ1n) is 15.6. The Morgan fingerprint density at radius 1 is 0.444 bits per heavy atom. The molecule has 1 aromatic heterocycles. The van der Waals surface area contributed by atoms with Crippen LogP contribution >= 0.6 is 0 Å². The maximum absolute atomic E-state index is 6.83. The second-order valence-corrected chi connectivity index (χ2v) is 12.5. The molecule has 2 nitrogen and oxygen atoms in total. The predicted molar refractivity (Wildman–Crippen MR) is 189 cm³/mol. The van der Waals surface area contributed by atoms with E-state index in [1.165, 1.54) is 33.3 Å². The van der Waals surface area contributed by atoms with Gasteiger partial charge in [-0.3, -0.25) is 0 Å². The summed E-state index contributed by atoms with van der Waals surface area (Å²) < 4.78 is 6.83. The van der Waals surface area contributed by atoms with Crippen molar-refractivity contribution in [2.75, 3.05) is 4.90 Å². The standard InChI is InChI=1S/C43H31NO/c1-43(2)36-22-10-8-19-35(36)40-37(43)23-13-25-39(40)44(29-15-4-3-5-16-29)38-24-11-9-18-31(38)32-20-12-21-33-34-27-26-28-14-6-7-17-30(28)41(34)45-42(32)33/h3-27H,1-2H3. The molecule has 0 amide bonds. The minimum Gasteiger partial charge on any atom is -0.455 e. The first-order valence-corrected chi connectivity index (χ1v) is 15.6. The van der Waals surface area contributed by atoms with E-state index in [1.807, 2.05) is 0 Å². The Hall–Kier alpha value is -5.60. The van der Waals surface area contributed by atoms with Gasteiger partial charge in [-0.2, -0.15) is 0 Å². The van der Waals surface area contributed by atoms with Crippen LogP contribution in [0.25, 0.3) is 55.0 Å². The fraction of sp³-hybridized carbons (Fsp3) is 0.0698. The number of hydrogen-bond acceptors (Lipinski definition) is 2. The molecule has 214 valence electrons. The van der Waals surface area contributed by atoms with Crippen LogP contribution in [0.15, 0.2) is 156 Å². The Morgan fingerprint density at radius 3 is 1.96 bits per heavy atom. The molecule has 8 aromatic rings. The Bertz CT molecular complexity index is 2410. The molecule has 1 heterocycles. The van der Waals surface area contributed by atoms with Crippen molar-refractivity contribution in [1.29, 1.82) is 0 Å². The summed E-state index contributed by atoms with van der Waals surface area (Å²) in [6.45, 7) is 4.68. The van der Waals surface area contributed by atoms with Gasteiger partial charge in [0, 0.05) is 44.0 Å². The molecule has 2 heteroatoms. The molecule has 0 unspecified atom stereocenters. The number of furan rings is 1. The number of anilines is 3. The Morgan fingerprint density at radius 2 is 1.07 bits per heavy atom. The minimum absolute atomic E-state index is 0.0908. The van der Waals surface area contributed by atoms with Gasteiger partial charge in [-0.1, -0.05) is 135 Å². The van der Waals surface area contributed by atoms with E-state index in [2.05, 4.69) is 170 Å². The molecule has 7 aromatic carbocycles. The van der Waals surface area contributed by atoms with Gasteiger partial charge in [0.25, 0.3) is 0 Å². The molecular weight excluding hydrogens is 546 g/mol. The minimum atomic E-state index is -0.0908. The highest BCUT2D eigenvalue weighted by Crippen LogP contribution is 2.55. The van der Waals surface area contributed by atoms with Crippen LogP contribution in [0.5, 0.6) is 0 Å². The van der Waals surface area contributed by atoms with E-state index in [4.69, 9.17) is 4.42 Å². The Balaban J connectivity index is 1.33. The van der Waals surface area contributed by atoms with Crippen LogP contribution < -0.4 is 4.90 Å². The van der Waals surface area contributed by atoms with Crippen LogP contribution in [0.1, 0.15) is 25.0 Å². The molecule has 45 heavy (non-hydrogen) atoms. The van der Waals surface area contributed by atoms with Gasteiger partial charge in [0.15, 0.2) is 0 Å². The van der Waals surface area contributed by atoms with E-state index < -0.39 is 0 Å². The second-order valence-electron chi connectivity index (χ2n) is 12.5. The average molecular weight is 578 g/mol. The summed E-state index contributed by atoms with van der Waals surface area (Å²) in [5, 5.41) is 4.59. The highest BCUT2D eigenvalue weighted by molar-refractivity contribution is 6.17. The normalized spacial score (nSPS) is 13.3. The van der Waals surface area contributed by atoms with Crippen molar-refractivity contribution in [3.05, 3.63) is 163 Å². The number of fused-ring (bicyclic) bond motifs is 8. The zero-order valence-corrected chi connectivity index (χ0v) is 25.3. The quantitative estimate of drug-likeness (QED) is 0.207. The topological polar surface area (TPSA) is 16.4 Å². The lowest BCUT2D eigenvalue weighted by molar-refractivity contribution is 0.660. The van der Waals surface area contributed by atoms with Crippen molar-refractivity contribution in [3.8, 4) is 22.3 Å². The van der Waals surface area contributed by atoms with Crippen molar-refractivity contribution < 1.29 is 4.42 Å². The molecule has 0 saturated carbocycles. The van der Waals surface area contributed by atoms with Gasteiger partial charge in [-0.25, -0.2) is 0 Å². The van der Waals surface area contributed by atoms with E-state index in [0.29, 0.717) is 0 Å². The Kier molecular flexibility index (Phi) is 5.58. The smallest absolute Gasteiger partial charge is 0.143 e. The lowest BCUT2D eigenvalue weighted by Gasteiger charge is -2.30. The Labute approximate surface area is 262 Å². The van der Waals surface area contributed by atoms with Crippen LogP contribution in [0.4, 0.5) is 17.1 Å². The fourth-order valence-electron chi connectivity index (χ4n) is 7.54. The molecule has 0 atom stereocenters. The van der Waals surface area contributed by atoms with Crippen molar-refractivity contribution in [3.63, 3.8) is 0 Å². The van der Waals surface area contributed by atoms with E-state index in [9.17, 15) is 0 Å². The molecule has 1 aliphatic carbocycles. The van der Waals surface area contributed by atoms with Gasteiger partial charge in [0.05, 0.1) is 11.4 Å². The van der Waals surface area contributed by atoms with E-state index in [-0.39, 0.29) is 5.41 Å². The summed E-state index contributed by atoms with van der Waals surface area (Å²) in [4.78, 5) is 2.43. The summed E-state index contributed by atoms with van der Waals surface area (Å²) in [5.74, 6) is 0.